The van der Waals surface area contributed by atoms with Gasteiger partial charge in [-0.25, -0.2) is 14.2 Å². The minimum Gasteiger partial charge on any atom is -0.464 e. The molecule has 0 aliphatic carbocycles. The van der Waals surface area contributed by atoms with Crippen LogP contribution >= 0.6 is 0 Å². The van der Waals surface area contributed by atoms with Crippen LogP contribution in [0.4, 0.5) is 25.0 Å². The van der Waals surface area contributed by atoms with E-state index in [-0.39, 0.29) is 18.1 Å². The Morgan fingerprint density at radius 2 is 1.68 bits per heavy atom. The zero-order valence-electron chi connectivity index (χ0n) is 26.5. The van der Waals surface area contributed by atoms with Crippen molar-refractivity contribution >= 4 is 40.8 Å². The third-order valence-corrected chi connectivity index (χ3v) is 7.03. The van der Waals surface area contributed by atoms with Crippen LogP contribution in [0.2, 0.25) is 0 Å². The number of hydrogen-bond acceptors (Lipinski definition) is 10. The van der Waals surface area contributed by atoms with Crippen LogP contribution in [0.5, 0.6) is 0 Å². The van der Waals surface area contributed by atoms with Crippen molar-refractivity contribution in [1.82, 2.24) is 19.7 Å². The average molecular weight is 647 g/mol. The Morgan fingerprint density at radius 1 is 0.979 bits per heavy atom. The Balaban J connectivity index is 1.47. The van der Waals surface area contributed by atoms with Gasteiger partial charge in [0.25, 0.3) is 5.89 Å². The molecule has 5 aromatic rings. The second-order valence-corrected chi connectivity index (χ2v) is 11.7. The molecule has 0 N–H and O–H groups in total. The quantitative estimate of drug-likeness (QED) is 0.129. The van der Waals surface area contributed by atoms with Gasteiger partial charge in [0.05, 0.1) is 41.8 Å². The maximum atomic E-state index is 13.2. The fourth-order valence-electron chi connectivity index (χ4n) is 4.88. The van der Waals surface area contributed by atoms with Crippen LogP contribution < -0.4 is 9.80 Å². The van der Waals surface area contributed by atoms with E-state index in [9.17, 15) is 23.2 Å². The van der Waals surface area contributed by atoms with E-state index in [1.165, 1.54) is 22.8 Å². The average Bonchev–Trinajstić information content (AvgIpc) is 3.68. The maximum absolute atomic E-state index is 13.2. The molecule has 0 saturated carbocycles. The van der Waals surface area contributed by atoms with Crippen molar-refractivity contribution in [1.29, 1.82) is 0 Å². The van der Waals surface area contributed by atoms with Gasteiger partial charge in [-0.3, -0.25) is 9.78 Å². The summed E-state index contributed by atoms with van der Waals surface area (Å²) < 4.78 is 42.3. The van der Waals surface area contributed by atoms with Crippen molar-refractivity contribution in [2.24, 2.45) is 0 Å². The number of alkyl halides is 2. The number of carbonyl (C=O) groups is 3. The van der Waals surface area contributed by atoms with Gasteiger partial charge >= 0.3 is 18.5 Å². The number of halogens is 2. The van der Waals surface area contributed by atoms with Gasteiger partial charge in [-0.15, -0.1) is 10.2 Å². The molecular formula is C33H32F2N6O6. The highest BCUT2D eigenvalue weighted by Gasteiger charge is 2.26. The number of pyridine rings is 1. The molecule has 0 spiro atoms. The van der Waals surface area contributed by atoms with E-state index in [4.69, 9.17) is 13.9 Å². The van der Waals surface area contributed by atoms with E-state index < -0.39 is 30.0 Å². The van der Waals surface area contributed by atoms with Crippen molar-refractivity contribution in [3.05, 3.63) is 78.1 Å². The first-order valence-corrected chi connectivity index (χ1v) is 14.4. The van der Waals surface area contributed by atoms with Crippen LogP contribution in [0.3, 0.4) is 0 Å². The number of anilines is 2. The summed E-state index contributed by atoms with van der Waals surface area (Å²) in [4.78, 5) is 45.8. The molecule has 0 saturated heterocycles. The largest absolute Gasteiger partial charge is 0.464 e. The molecule has 3 aromatic heterocycles. The van der Waals surface area contributed by atoms with Crippen molar-refractivity contribution in [3.63, 3.8) is 0 Å². The fraction of sp³-hybridized carbons (Fsp3) is 0.273. The van der Waals surface area contributed by atoms with Gasteiger partial charge in [0.15, 0.2) is 0 Å². The lowest BCUT2D eigenvalue weighted by atomic mass is 10.0. The zero-order valence-corrected chi connectivity index (χ0v) is 26.5. The minimum absolute atomic E-state index is 0.0384. The predicted molar refractivity (Wildman–Crippen MR) is 169 cm³/mol. The van der Waals surface area contributed by atoms with Gasteiger partial charge < -0.3 is 23.7 Å². The molecule has 0 bridgehead atoms. The third-order valence-electron chi connectivity index (χ3n) is 7.03. The molecule has 3 heterocycles. The van der Waals surface area contributed by atoms with E-state index >= 15 is 0 Å². The number of nitrogens with zero attached hydrogens (tertiary/aromatic N) is 6. The van der Waals surface area contributed by atoms with Gasteiger partial charge in [-0.05, 0) is 68.3 Å². The summed E-state index contributed by atoms with van der Waals surface area (Å²) in [6.45, 7) is 5.33. The second kappa shape index (κ2) is 13.0. The van der Waals surface area contributed by atoms with Crippen molar-refractivity contribution in [2.75, 3.05) is 31.0 Å². The first-order chi connectivity index (χ1) is 22.3. The standard InChI is InChI=1S/C33H32F2N6O6/c1-33(2,3)47-32(44)41-25-13-19(7-8-21(25)15-27(41)31(43)45-6)20-10-12-24(26(14-20)39(4)5)40(18-42)17-23-11-9-22(16-36-23)29-37-38-30(46-29)28(34)35/h7-16,18,28H,17H2,1-6H3. The lowest BCUT2D eigenvalue weighted by Gasteiger charge is -2.25. The molecule has 0 fully saturated rings. The summed E-state index contributed by atoms with van der Waals surface area (Å²) in [5, 5.41) is 7.60. The van der Waals surface area contributed by atoms with Crippen molar-refractivity contribution < 1.29 is 37.1 Å². The topological polar surface area (TPSA) is 133 Å². The van der Waals surface area contributed by atoms with E-state index in [0.29, 0.717) is 34.3 Å². The molecule has 0 radical (unpaired) electrons. The normalized spacial score (nSPS) is 11.5. The molecule has 12 nitrogen and oxygen atoms in total. The number of methoxy groups -OCH3 is 1. The number of esters is 1. The lowest BCUT2D eigenvalue weighted by molar-refractivity contribution is -0.107. The summed E-state index contributed by atoms with van der Waals surface area (Å²) >= 11 is 0. The van der Waals surface area contributed by atoms with Crippen LogP contribution in [-0.2, 0) is 20.8 Å². The van der Waals surface area contributed by atoms with Gasteiger partial charge in [0.1, 0.15) is 11.3 Å². The van der Waals surface area contributed by atoms with Crippen LogP contribution in [0.1, 0.15) is 49.3 Å². The van der Waals surface area contributed by atoms with E-state index in [2.05, 4.69) is 15.2 Å². The molecular weight excluding hydrogens is 614 g/mol. The fourth-order valence-corrected chi connectivity index (χ4v) is 4.88. The third kappa shape index (κ3) is 6.95. The molecule has 0 aliphatic rings. The number of benzene rings is 2. The van der Waals surface area contributed by atoms with Gasteiger partial charge in [0.2, 0.25) is 12.3 Å². The highest BCUT2D eigenvalue weighted by molar-refractivity contribution is 6.02. The molecule has 2 aromatic carbocycles. The molecule has 244 valence electrons. The van der Waals surface area contributed by atoms with Crippen LogP contribution in [-0.4, -0.2) is 65.0 Å². The Kier molecular flexibility index (Phi) is 9.04. The van der Waals surface area contributed by atoms with Crippen LogP contribution in [0.15, 0.2) is 65.2 Å². The molecule has 5 rings (SSSR count). The molecule has 1 amide bonds. The predicted octanol–water partition coefficient (Wildman–Crippen LogP) is 6.49. The molecule has 0 aliphatic heterocycles. The minimum atomic E-state index is -2.88. The monoisotopic (exact) mass is 646 g/mol. The van der Waals surface area contributed by atoms with E-state index in [1.54, 1.807) is 57.2 Å². The SMILES string of the molecule is COC(=O)c1cc2ccc(-c3ccc(N(C=O)Cc4ccc(-c5nnc(C(F)F)o5)cn4)c(N(C)C)c3)cc2n1C(=O)OC(C)(C)C. The van der Waals surface area contributed by atoms with Gasteiger partial charge in [0, 0.05) is 25.7 Å². The highest BCUT2D eigenvalue weighted by atomic mass is 19.3. The zero-order chi connectivity index (χ0) is 34.0. The molecule has 0 atom stereocenters. The molecule has 14 heteroatoms. The van der Waals surface area contributed by atoms with E-state index in [0.717, 1.165) is 16.8 Å². The number of hydrogen-bond donors (Lipinski definition) is 0. The Bertz CT molecular complexity index is 1950. The lowest BCUT2D eigenvalue weighted by Crippen LogP contribution is -2.29. The number of fused-ring (bicyclic) bond motifs is 1. The number of rotatable bonds is 9. The Hall–Kier alpha value is -5.66. The molecule has 0 unspecified atom stereocenters. The number of carbonyl (C=O) groups excluding carboxylic acids is 3. The summed E-state index contributed by atoms with van der Waals surface area (Å²) in [5.74, 6) is -1.55. The summed E-state index contributed by atoms with van der Waals surface area (Å²) in [5.41, 5.74) is 3.43. The van der Waals surface area contributed by atoms with Gasteiger partial charge in [-0.1, -0.05) is 18.2 Å². The Morgan fingerprint density at radius 3 is 2.28 bits per heavy atom. The van der Waals surface area contributed by atoms with Crippen LogP contribution in [0, 0.1) is 0 Å². The Labute approximate surface area is 268 Å². The number of ether oxygens (including phenoxy) is 2. The van der Waals surface area contributed by atoms with Crippen molar-refractivity contribution in [2.45, 2.75) is 39.3 Å². The summed E-state index contributed by atoms with van der Waals surface area (Å²) in [6, 6.07) is 15.8. The van der Waals surface area contributed by atoms with Crippen molar-refractivity contribution in [3.8, 4) is 22.6 Å². The van der Waals surface area contributed by atoms with Gasteiger partial charge in [-0.2, -0.15) is 8.78 Å². The summed E-state index contributed by atoms with van der Waals surface area (Å²) in [6.07, 6.45) is -1.49. The first-order valence-electron chi connectivity index (χ1n) is 14.4. The second-order valence-electron chi connectivity index (χ2n) is 11.7. The smallest absolute Gasteiger partial charge is 0.419 e. The first kappa shape index (κ1) is 32.7. The molecule has 47 heavy (non-hydrogen) atoms. The summed E-state index contributed by atoms with van der Waals surface area (Å²) in [7, 11) is 4.93. The van der Waals surface area contributed by atoms with E-state index in [1.807, 2.05) is 37.2 Å². The number of amides is 1. The van der Waals surface area contributed by atoms with Crippen LogP contribution in [0.25, 0.3) is 33.5 Å². The highest BCUT2D eigenvalue weighted by Crippen LogP contribution is 2.35. The maximum Gasteiger partial charge on any atom is 0.419 e. The number of aromatic nitrogens is 4.